The molecule has 1 amide bonds. The summed E-state index contributed by atoms with van der Waals surface area (Å²) in [6.07, 6.45) is 0. The van der Waals surface area contributed by atoms with Crippen LogP contribution < -0.4 is 25.0 Å². The van der Waals surface area contributed by atoms with Crippen LogP contribution >= 0.6 is 0 Å². The highest BCUT2D eigenvalue weighted by Gasteiger charge is 2.21. The van der Waals surface area contributed by atoms with E-state index in [1.165, 1.54) is 27.4 Å². The van der Waals surface area contributed by atoms with Crippen LogP contribution in [0.15, 0.2) is 69.9 Å². The average Bonchev–Trinajstić information content (AvgIpc) is 2.87. The predicted molar refractivity (Wildman–Crippen MR) is 127 cm³/mol. The van der Waals surface area contributed by atoms with Crippen LogP contribution in [0.4, 0.5) is 5.69 Å². The number of nitriles is 1. The van der Waals surface area contributed by atoms with E-state index in [1.54, 1.807) is 54.6 Å². The fourth-order valence-electron chi connectivity index (χ4n) is 3.58. The maximum atomic E-state index is 13.0. The van der Waals surface area contributed by atoms with Gasteiger partial charge < -0.3 is 23.9 Å². The van der Waals surface area contributed by atoms with Crippen molar-refractivity contribution in [3.05, 3.63) is 82.0 Å². The minimum absolute atomic E-state index is 0.223. The van der Waals surface area contributed by atoms with Crippen LogP contribution in [0, 0.1) is 11.3 Å². The number of methoxy groups -OCH3 is 3. The molecular formula is C26H20N2O6. The Balaban J connectivity index is 1.72. The van der Waals surface area contributed by atoms with Gasteiger partial charge >= 0.3 is 0 Å². The third-order valence-corrected chi connectivity index (χ3v) is 5.20. The van der Waals surface area contributed by atoms with Gasteiger partial charge in [-0.3, -0.25) is 9.59 Å². The number of rotatable bonds is 6. The molecule has 8 heteroatoms. The molecule has 170 valence electrons. The quantitative estimate of drug-likeness (QED) is 0.451. The molecule has 0 saturated carbocycles. The van der Waals surface area contributed by atoms with Crippen molar-refractivity contribution in [3.8, 4) is 34.6 Å². The Labute approximate surface area is 194 Å². The van der Waals surface area contributed by atoms with E-state index in [2.05, 4.69) is 5.32 Å². The zero-order chi connectivity index (χ0) is 24.2. The lowest BCUT2D eigenvalue weighted by Gasteiger charge is -2.14. The predicted octanol–water partition coefficient (Wildman–Crippen LogP) is 4.61. The number of nitrogens with zero attached hydrogens (tertiary/aromatic N) is 1. The minimum Gasteiger partial charge on any atom is -0.493 e. The third-order valence-electron chi connectivity index (χ3n) is 5.20. The van der Waals surface area contributed by atoms with E-state index < -0.39 is 0 Å². The number of hydrogen-bond donors (Lipinski definition) is 1. The van der Waals surface area contributed by atoms with E-state index >= 15 is 0 Å². The largest absolute Gasteiger partial charge is 0.493 e. The van der Waals surface area contributed by atoms with Crippen molar-refractivity contribution in [2.24, 2.45) is 0 Å². The van der Waals surface area contributed by atoms with Gasteiger partial charge in [0, 0.05) is 28.9 Å². The fourth-order valence-corrected chi connectivity index (χ4v) is 3.58. The average molecular weight is 456 g/mol. The van der Waals surface area contributed by atoms with Gasteiger partial charge in [-0.05, 0) is 36.4 Å². The van der Waals surface area contributed by atoms with Crippen molar-refractivity contribution in [2.75, 3.05) is 26.6 Å². The van der Waals surface area contributed by atoms with Crippen molar-refractivity contribution in [2.45, 2.75) is 0 Å². The second kappa shape index (κ2) is 9.38. The van der Waals surface area contributed by atoms with Crippen molar-refractivity contribution in [1.82, 2.24) is 0 Å². The summed E-state index contributed by atoms with van der Waals surface area (Å²) in [7, 11) is 4.37. The van der Waals surface area contributed by atoms with Crippen molar-refractivity contribution < 1.29 is 23.4 Å². The zero-order valence-electron chi connectivity index (χ0n) is 18.7. The normalized spacial score (nSPS) is 10.4. The standard InChI is InChI=1S/C26H20N2O6/c1-31-22-13-21-23(25(33-3)24(22)32-2)19(29)12-20(34-21)17-5-4-6-18(11-17)28-26(30)16-9-7-15(14-27)8-10-16/h4-13H,1-3H3,(H,28,30). The number of fused-ring (bicyclic) bond motifs is 1. The molecule has 1 N–H and O–H groups in total. The summed E-state index contributed by atoms with van der Waals surface area (Å²) in [4.78, 5) is 25.6. The van der Waals surface area contributed by atoms with Gasteiger partial charge in [0.25, 0.3) is 5.91 Å². The summed E-state index contributed by atoms with van der Waals surface area (Å²) in [6, 6.07) is 18.2. The molecule has 0 aliphatic carbocycles. The number of anilines is 1. The van der Waals surface area contributed by atoms with Gasteiger partial charge in [0.05, 0.1) is 33.0 Å². The molecule has 4 rings (SSSR count). The molecule has 1 heterocycles. The van der Waals surface area contributed by atoms with Gasteiger partial charge in [0.15, 0.2) is 16.9 Å². The number of nitrogens with one attached hydrogen (secondary N) is 1. The first-order chi connectivity index (χ1) is 16.5. The number of carbonyl (C=O) groups is 1. The minimum atomic E-state index is -0.330. The van der Waals surface area contributed by atoms with Crippen LogP contribution in [0.1, 0.15) is 15.9 Å². The van der Waals surface area contributed by atoms with E-state index in [-0.39, 0.29) is 28.1 Å². The number of hydrogen-bond acceptors (Lipinski definition) is 7. The molecule has 0 bridgehead atoms. The van der Waals surface area contributed by atoms with E-state index in [0.717, 1.165) is 0 Å². The summed E-state index contributed by atoms with van der Waals surface area (Å²) < 4.78 is 22.1. The van der Waals surface area contributed by atoms with Crippen LogP contribution in [0.2, 0.25) is 0 Å². The summed E-state index contributed by atoms with van der Waals surface area (Å²) in [5, 5.41) is 12.0. The van der Waals surface area contributed by atoms with Crippen molar-refractivity contribution in [3.63, 3.8) is 0 Å². The highest BCUT2D eigenvalue weighted by molar-refractivity contribution is 6.04. The first-order valence-corrected chi connectivity index (χ1v) is 10.2. The summed E-state index contributed by atoms with van der Waals surface area (Å²) in [6.45, 7) is 0. The molecule has 3 aromatic carbocycles. The van der Waals surface area contributed by atoms with Crippen LogP contribution in [0.25, 0.3) is 22.3 Å². The molecule has 4 aromatic rings. The molecule has 0 unspecified atom stereocenters. The van der Waals surface area contributed by atoms with Crippen LogP contribution in [-0.2, 0) is 0 Å². The number of benzene rings is 3. The topological polar surface area (TPSA) is 111 Å². The van der Waals surface area contributed by atoms with Crippen molar-refractivity contribution in [1.29, 1.82) is 5.26 Å². The Kier molecular flexibility index (Phi) is 6.19. The summed E-state index contributed by atoms with van der Waals surface area (Å²) in [5.41, 5.74) is 1.93. The Bertz CT molecular complexity index is 1480. The first-order valence-electron chi connectivity index (χ1n) is 10.2. The highest BCUT2D eigenvalue weighted by Crippen LogP contribution is 2.42. The molecule has 34 heavy (non-hydrogen) atoms. The number of ether oxygens (including phenoxy) is 3. The Hall–Kier alpha value is -4.77. The lowest BCUT2D eigenvalue weighted by atomic mass is 10.1. The van der Waals surface area contributed by atoms with Crippen LogP contribution in [0.5, 0.6) is 17.2 Å². The molecule has 0 fully saturated rings. The third kappa shape index (κ3) is 4.14. The van der Waals surface area contributed by atoms with E-state index in [9.17, 15) is 9.59 Å². The molecule has 0 aliphatic heterocycles. The van der Waals surface area contributed by atoms with Gasteiger partial charge in [-0.2, -0.15) is 5.26 Å². The van der Waals surface area contributed by atoms with Crippen LogP contribution in [0.3, 0.4) is 0 Å². The number of carbonyl (C=O) groups excluding carboxylic acids is 1. The molecule has 1 aromatic heterocycles. The lowest BCUT2D eigenvalue weighted by Crippen LogP contribution is -2.11. The smallest absolute Gasteiger partial charge is 0.255 e. The maximum Gasteiger partial charge on any atom is 0.255 e. The maximum absolute atomic E-state index is 13.0. The van der Waals surface area contributed by atoms with Gasteiger partial charge in [0.2, 0.25) is 5.75 Å². The SMILES string of the molecule is COc1cc2oc(-c3cccc(NC(=O)c4ccc(C#N)cc4)c3)cc(=O)c2c(OC)c1OC. The van der Waals surface area contributed by atoms with Gasteiger partial charge in [-0.1, -0.05) is 12.1 Å². The second-order valence-corrected chi connectivity index (χ2v) is 7.22. The molecule has 0 atom stereocenters. The van der Waals surface area contributed by atoms with Crippen molar-refractivity contribution >= 4 is 22.6 Å². The first kappa shape index (κ1) is 22.4. The Morgan fingerprint density at radius 1 is 0.941 bits per heavy atom. The molecule has 8 nitrogen and oxygen atoms in total. The molecule has 0 spiro atoms. The second-order valence-electron chi connectivity index (χ2n) is 7.22. The molecule has 0 saturated heterocycles. The molecule has 0 radical (unpaired) electrons. The summed E-state index contributed by atoms with van der Waals surface area (Å²) >= 11 is 0. The molecular weight excluding hydrogens is 436 g/mol. The fraction of sp³-hybridized carbons (Fsp3) is 0.115. The van der Waals surface area contributed by atoms with E-state index in [4.69, 9.17) is 23.9 Å². The van der Waals surface area contributed by atoms with E-state index in [0.29, 0.717) is 39.6 Å². The monoisotopic (exact) mass is 456 g/mol. The Morgan fingerprint density at radius 2 is 1.68 bits per heavy atom. The van der Waals surface area contributed by atoms with Gasteiger partial charge in [-0.15, -0.1) is 0 Å². The van der Waals surface area contributed by atoms with Gasteiger partial charge in [-0.25, -0.2) is 0 Å². The summed E-state index contributed by atoms with van der Waals surface area (Å²) in [5.74, 6) is 0.852. The lowest BCUT2D eigenvalue weighted by molar-refractivity contribution is 0.102. The van der Waals surface area contributed by atoms with Gasteiger partial charge in [0.1, 0.15) is 16.7 Å². The van der Waals surface area contributed by atoms with Crippen LogP contribution in [-0.4, -0.2) is 27.2 Å². The highest BCUT2D eigenvalue weighted by atomic mass is 16.5. The van der Waals surface area contributed by atoms with E-state index in [1.807, 2.05) is 6.07 Å². The number of amides is 1. The molecule has 0 aliphatic rings. The zero-order valence-corrected chi connectivity index (χ0v) is 18.7. The Morgan fingerprint density at radius 3 is 2.32 bits per heavy atom.